The third-order valence-electron chi connectivity index (χ3n) is 7.64. The van der Waals surface area contributed by atoms with E-state index in [2.05, 4.69) is 0 Å². The Morgan fingerprint density at radius 3 is 2.44 bits per heavy atom. The molecule has 6 rings (SSSR count). The first-order valence-electron chi connectivity index (χ1n) is 7.57. The predicted octanol–water partition coefficient (Wildman–Crippen LogP) is 2.70. The molecule has 10 unspecified atom stereocenters. The van der Waals surface area contributed by atoms with Gasteiger partial charge in [0.2, 0.25) is 0 Å². The lowest BCUT2D eigenvalue weighted by atomic mass is 9.72. The van der Waals surface area contributed by atoms with Crippen molar-refractivity contribution in [2.24, 2.45) is 47.3 Å². The van der Waals surface area contributed by atoms with Gasteiger partial charge in [0, 0.05) is 0 Å². The molecule has 5 saturated carbocycles. The lowest BCUT2D eigenvalue weighted by molar-refractivity contribution is 0.150. The molecule has 1 heteroatoms. The summed E-state index contributed by atoms with van der Waals surface area (Å²) < 4.78 is 5.90. The van der Waals surface area contributed by atoms with Crippen molar-refractivity contribution in [1.29, 1.82) is 0 Å². The number of hydrogen-bond acceptors (Lipinski definition) is 1. The standard InChI is InChI=1S/C15H20O/c1-2-7-3-6(1)8-4-9-10-5-11(13(9)12(7)8)15-14(10)16-15/h6-15H,1-5H2. The minimum absolute atomic E-state index is 0.753. The quantitative estimate of drug-likeness (QED) is 0.567. The lowest BCUT2D eigenvalue weighted by Gasteiger charge is -2.32. The van der Waals surface area contributed by atoms with E-state index in [4.69, 9.17) is 4.74 Å². The molecule has 4 bridgehead atoms. The molecule has 86 valence electrons. The SMILES string of the molecule is C1CC2CC1C1CC3C4CC(C5OC45)C3C21. The van der Waals surface area contributed by atoms with Crippen LogP contribution in [0.3, 0.4) is 0 Å². The summed E-state index contributed by atoms with van der Waals surface area (Å²) in [6.45, 7) is 0. The summed E-state index contributed by atoms with van der Waals surface area (Å²) in [5, 5.41) is 0. The normalized spacial score (nSPS) is 76.5. The first kappa shape index (κ1) is 8.13. The van der Waals surface area contributed by atoms with E-state index >= 15 is 0 Å². The van der Waals surface area contributed by atoms with Crippen molar-refractivity contribution in [3.63, 3.8) is 0 Å². The zero-order chi connectivity index (χ0) is 10.0. The zero-order valence-electron chi connectivity index (χ0n) is 9.72. The van der Waals surface area contributed by atoms with E-state index in [9.17, 15) is 0 Å². The molecule has 1 heterocycles. The van der Waals surface area contributed by atoms with Gasteiger partial charge in [0.15, 0.2) is 0 Å². The Hall–Kier alpha value is -0.0400. The van der Waals surface area contributed by atoms with Crippen molar-refractivity contribution in [3.05, 3.63) is 0 Å². The van der Waals surface area contributed by atoms with Gasteiger partial charge in [0.05, 0.1) is 12.2 Å². The van der Waals surface area contributed by atoms with Crippen molar-refractivity contribution in [3.8, 4) is 0 Å². The Kier molecular flexibility index (Phi) is 1.15. The third kappa shape index (κ3) is 0.674. The van der Waals surface area contributed by atoms with Crippen LogP contribution in [0.1, 0.15) is 32.1 Å². The first-order valence-corrected chi connectivity index (χ1v) is 7.57. The van der Waals surface area contributed by atoms with Gasteiger partial charge in [-0.3, -0.25) is 0 Å². The van der Waals surface area contributed by atoms with Gasteiger partial charge in [0.25, 0.3) is 0 Å². The van der Waals surface area contributed by atoms with Gasteiger partial charge >= 0.3 is 0 Å². The second-order valence-corrected chi connectivity index (χ2v) is 7.68. The van der Waals surface area contributed by atoms with E-state index in [1.165, 1.54) is 11.8 Å². The number of rotatable bonds is 0. The molecule has 5 aliphatic carbocycles. The van der Waals surface area contributed by atoms with Gasteiger partial charge in [-0.1, -0.05) is 0 Å². The van der Waals surface area contributed by atoms with Crippen molar-refractivity contribution in [1.82, 2.24) is 0 Å². The zero-order valence-corrected chi connectivity index (χ0v) is 9.72. The van der Waals surface area contributed by atoms with E-state index in [-0.39, 0.29) is 0 Å². The van der Waals surface area contributed by atoms with E-state index in [0.29, 0.717) is 0 Å². The monoisotopic (exact) mass is 216 g/mol. The van der Waals surface area contributed by atoms with Crippen LogP contribution in [-0.4, -0.2) is 12.2 Å². The lowest BCUT2D eigenvalue weighted by Crippen LogP contribution is -2.30. The average Bonchev–Trinajstić information content (AvgIpc) is 2.75. The summed E-state index contributed by atoms with van der Waals surface area (Å²) in [6.07, 6.45) is 9.47. The molecular formula is C15H20O. The highest BCUT2D eigenvalue weighted by atomic mass is 16.6. The topological polar surface area (TPSA) is 12.5 Å². The summed E-state index contributed by atoms with van der Waals surface area (Å²) in [6, 6.07) is 0. The smallest absolute Gasteiger partial charge is 0.0875 e. The number of ether oxygens (including phenoxy) is 1. The van der Waals surface area contributed by atoms with Crippen LogP contribution in [0.15, 0.2) is 0 Å². The predicted molar refractivity (Wildman–Crippen MR) is 59.7 cm³/mol. The maximum absolute atomic E-state index is 5.90. The van der Waals surface area contributed by atoms with Crippen LogP contribution in [0.5, 0.6) is 0 Å². The van der Waals surface area contributed by atoms with Crippen molar-refractivity contribution >= 4 is 0 Å². The van der Waals surface area contributed by atoms with Gasteiger partial charge in [-0.2, -0.15) is 0 Å². The molecule has 0 N–H and O–H groups in total. The Bertz CT molecular complexity index is 378. The second-order valence-electron chi connectivity index (χ2n) is 7.68. The Labute approximate surface area is 96.9 Å². The number of fused-ring (bicyclic) bond motifs is 14. The van der Waals surface area contributed by atoms with Gasteiger partial charge in [-0.25, -0.2) is 0 Å². The van der Waals surface area contributed by atoms with Crippen LogP contribution >= 0.6 is 0 Å². The van der Waals surface area contributed by atoms with E-state index in [1.807, 2.05) is 0 Å². The fourth-order valence-electron chi connectivity index (χ4n) is 7.43. The molecule has 0 amide bonds. The van der Waals surface area contributed by atoms with Gasteiger partial charge in [-0.15, -0.1) is 0 Å². The molecule has 1 saturated heterocycles. The fourth-order valence-corrected chi connectivity index (χ4v) is 7.43. The summed E-state index contributed by atoms with van der Waals surface area (Å²) >= 11 is 0. The van der Waals surface area contributed by atoms with Crippen LogP contribution in [0.4, 0.5) is 0 Å². The van der Waals surface area contributed by atoms with Crippen molar-refractivity contribution in [2.45, 2.75) is 44.3 Å². The van der Waals surface area contributed by atoms with Gasteiger partial charge < -0.3 is 4.74 Å². The molecule has 0 spiro atoms. The Morgan fingerprint density at radius 1 is 0.625 bits per heavy atom. The minimum Gasteiger partial charge on any atom is -0.369 e. The van der Waals surface area contributed by atoms with Crippen molar-refractivity contribution in [2.75, 3.05) is 0 Å². The molecule has 6 fully saturated rings. The molecule has 0 aromatic heterocycles. The summed E-state index contributed by atoms with van der Waals surface area (Å²) in [5.74, 6) is 8.96. The third-order valence-corrected chi connectivity index (χ3v) is 7.64. The molecule has 1 aliphatic heterocycles. The Morgan fingerprint density at radius 2 is 1.44 bits per heavy atom. The maximum Gasteiger partial charge on any atom is 0.0875 e. The van der Waals surface area contributed by atoms with Gasteiger partial charge in [0.1, 0.15) is 0 Å². The summed E-state index contributed by atoms with van der Waals surface area (Å²) in [4.78, 5) is 0. The molecule has 1 nitrogen and oxygen atoms in total. The Balaban J connectivity index is 1.46. The van der Waals surface area contributed by atoms with E-state index < -0.39 is 0 Å². The molecular weight excluding hydrogens is 196 g/mol. The highest BCUT2D eigenvalue weighted by molar-refractivity contribution is 5.20. The molecule has 10 atom stereocenters. The van der Waals surface area contributed by atoms with Crippen LogP contribution in [0.25, 0.3) is 0 Å². The summed E-state index contributed by atoms with van der Waals surface area (Å²) in [5.41, 5.74) is 0. The first-order chi connectivity index (χ1) is 7.92. The number of epoxide rings is 1. The van der Waals surface area contributed by atoms with Gasteiger partial charge in [-0.05, 0) is 79.4 Å². The second kappa shape index (κ2) is 2.25. The van der Waals surface area contributed by atoms with Crippen LogP contribution in [-0.2, 0) is 4.74 Å². The molecule has 6 aliphatic rings. The molecule has 0 aromatic rings. The largest absolute Gasteiger partial charge is 0.369 e. The van der Waals surface area contributed by atoms with Crippen LogP contribution < -0.4 is 0 Å². The van der Waals surface area contributed by atoms with E-state index in [0.717, 1.165) is 47.7 Å². The van der Waals surface area contributed by atoms with Crippen molar-refractivity contribution < 1.29 is 4.74 Å². The molecule has 0 aromatic carbocycles. The highest BCUT2D eigenvalue weighted by Crippen LogP contribution is 2.73. The highest BCUT2D eigenvalue weighted by Gasteiger charge is 2.73. The molecule has 16 heavy (non-hydrogen) atoms. The molecule has 0 radical (unpaired) electrons. The summed E-state index contributed by atoms with van der Waals surface area (Å²) in [7, 11) is 0. The van der Waals surface area contributed by atoms with E-state index in [1.54, 1.807) is 32.1 Å². The minimum atomic E-state index is 0.753. The van der Waals surface area contributed by atoms with Crippen LogP contribution in [0.2, 0.25) is 0 Å². The maximum atomic E-state index is 5.90. The number of hydrogen-bond donors (Lipinski definition) is 0. The fraction of sp³-hybridized carbons (Fsp3) is 1.00. The average molecular weight is 216 g/mol. The van der Waals surface area contributed by atoms with Crippen LogP contribution in [0, 0.1) is 47.3 Å².